The van der Waals surface area contributed by atoms with E-state index in [1.807, 2.05) is 6.92 Å². The summed E-state index contributed by atoms with van der Waals surface area (Å²) in [5, 5.41) is 6.60. The number of nitrogens with zero attached hydrogens (tertiary/aromatic N) is 2. The number of carbonyl (C=O) groups excluding carboxylic acids is 1. The first-order valence-electron chi connectivity index (χ1n) is 6.03. The minimum atomic E-state index is -4.41. The van der Waals surface area contributed by atoms with Gasteiger partial charge in [-0.25, -0.2) is 0 Å². The number of anilines is 1. The second-order valence-corrected chi connectivity index (χ2v) is 4.62. The van der Waals surface area contributed by atoms with Gasteiger partial charge in [-0.2, -0.15) is 18.3 Å². The highest BCUT2D eigenvalue weighted by atomic mass is 35.5. The van der Waals surface area contributed by atoms with Gasteiger partial charge in [-0.15, -0.1) is 0 Å². The summed E-state index contributed by atoms with van der Waals surface area (Å²) in [6.07, 6.45) is -2.91. The predicted molar refractivity (Wildman–Crippen MR) is 72.3 cm³/mol. The SMILES string of the molecule is CCn1cc(Cl)c(C(=O)Nc2ccc(C(F)(F)F)cc2)n1. The van der Waals surface area contributed by atoms with Gasteiger partial charge in [-0.3, -0.25) is 9.48 Å². The average Bonchev–Trinajstić information content (AvgIpc) is 2.80. The van der Waals surface area contributed by atoms with E-state index in [2.05, 4.69) is 10.4 Å². The normalized spacial score (nSPS) is 11.5. The standard InChI is InChI=1S/C13H11ClF3N3O/c1-2-20-7-10(14)11(19-20)12(21)18-9-5-3-8(4-6-9)13(15,16)17/h3-7H,2H2,1H3,(H,18,21). The highest BCUT2D eigenvalue weighted by Gasteiger charge is 2.30. The molecule has 0 aliphatic heterocycles. The van der Waals surface area contributed by atoms with Crippen molar-refractivity contribution in [3.8, 4) is 0 Å². The van der Waals surface area contributed by atoms with Crippen LogP contribution in [0.4, 0.5) is 18.9 Å². The lowest BCUT2D eigenvalue weighted by atomic mass is 10.2. The number of rotatable bonds is 3. The van der Waals surface area contributed by atoms with Crippen LogP contribution >= 0.6 is 11.6 Å². The maximum absolute atomic E-state index is 12.4. The van der Waals surface area contributed by atoms with Crippen LogP contribution in [0.5, 0.6) is 0 Å². The highest BCUT2D eigenvalue weighted by Crippen LogP contribution is 2.29. The summed E-state index contributed by atoms with van der Waals surface area (Å²) in [7, 11) is 0. The van der Waals surface area contributed by atoms with E-state index >= 15 is 0 Å². The molecule has 0 bridgehead atoms. The molecule has 0 radical (unpaired) electrons. The van der Waals surface area contributed by atoms with Gasteiger partial charge in [0.15, 0.2) is 5.69 Å². The second-order valence-electron chi connectivity index (χ2n) is 4.21. The number of carbonyl (C=O) groups is 1. The van der Waals surface area contributed by atoms with Crippen molar-refractivity contribution >= 4 is 23.2 Å². The fourth-order valence-electron chi connectivity index (χ4n) is 1.65. The molecule has 2 rings (SSSR count). The van der Waals surface area contributed by atoms with E-state index in [0.717, 1.165) is 12.1 Å². The van der Waals surface area contributed by atoms with Gasteiger partial charge in [0.2, 0.25) is 0 Å². The summed E-state index contributed by atoms with van der Waals surface area (Å²) in [6.45, 7) is 2.38. The van der Waals surface area contributed by atoms with E-state index < -0.39 is 17.6 Å². The highest BCUT2D eigenvalue weighted by molar-refractivity contribution is 6.34. The van der Waals surface area contributed by atoms with Crippen LogP contribution in [0.3, 0.4) is 0 Å². The number of hydrogen-bond acceptors (Lipinski definition) is 2. The first-order chi connectivity index (χ1) is 9.81. The van der Waals surface area contributed by atoms with Crippen LogP contribution in [0.1, 0.15) is 23.0 Å². The van der Waals surface area contributed by atoms with Crippen LogP contribution < -0.4 is 5.32 Å². The molecular weight excluding hydrogens is 307 g/mol. The number of halogens is 4. The zero-order valence-electron chi connectivity index (χ0n) is 10.9. The Morgan fingerprint density at radius 2 is 1.95 bits per heavy atom. The van der Waals surface area contributed by atoms with E-state index in [1.165, 1.54) is 23.0 Å². The Morgan fingerprint density at radius 3 is 2.43 bits per heavy atom. The molecule has 1 amide bonds. The summed E-state index contributed by atoms with van der Waals surface area (Å²) in [5.41, 5.74) is -0.526. The number of alkyl halides is 3. The number of aromatic nitrogens is 2. The molecular formula is C13H11ClF3N3O. The maximum Gasteiger partial charge on any atom is 0.416 e. The van der Waals surface area contributed by atoms with E-state index in [0.29, 0.717) is 6.54 Å². The number of benzene rings is 1. The van der Waals surface area contributed by atoms with Crippen molar-refractivity contribution in [2.45, 2.75) is 19.6 Å². The van der Waals surface area contributed by atoms with Crippen molar-refractivity contribution in [1.29, 1.82) is 0 Å². The Hall–Kier alpha value is -2.02. The maximum atomic E-state index is 12.4. The Kier molecular flexibility index (Phi) is 4.22. The monoisotopic (exact) mass is 317 g/mol. The molecule has 8 heteroatoms. The number of nitrogens with one attached hydrogen (secondary N) is 1. The van der Waals surface area contributed by atoms with Crippen molar-refractivity contribution in [3.05, 3.63) is 46.7 Å². The fraction of sp³-hybridized carbons (Fsp3) is 0.231. The van der Waals surface area contributed by atoms with Crippen molar-refractivity contribution in [3.63, 3.8) is 0 Å². The van der Waals surface area contributed by atoms with Crippen molar-refractivity contribution in [2.24, 2.45) is 0 Å². The Bertz CT molecular complexity index is 650. The minimum absolute atomic E-state index is 0.0263. The number of hydrogen-bond donors (Lipinski definition) is 1. The molecule has 0 aliphatic rings. The molecule has 0 aliphatic carbocycles. The molecule has 0 atom stereocenters. The van der Waals surface area contributed by atoms with Gasteiger partial charge in [-0.05, 0) is 31.2 Å². The molecule has 1 aromatic heterocycles. The topological polar surface area (TPSA) is 46.9 Å². The fourth-order valence-corrected chi connectivity index (χ4v) is 1.88. The zero-order chi connectivity index (χ0) is 15.6. The van der Waals surface area contributed by atoms with Crippen LogP contribution in [-0.2, 0) is 12.7 Å². The molecule has 0 unspecified atom stereocenters. The summed E-state index contributed by atoms with van der Waals surface area (Å²) in [5.74, 6) is -0.577. The summed E-state index contributed by atoms with van der Waals surface area (Å²) < 4.78 is 38.8. The third kappa shape index (κ3) is 3.55. The first-order valence-corrected chi connectivity index (χ1v) is 6.40. The van der Waals surface area contributed by atoms with Crippen molar-refractivity contribution in [1.82, 2.24) is 9.78 Å². The number of amides is 1. The molecule has 0 saturated carbocycles. The quantitative estimate of drug-likeness (QED) is 0.935. The van der Waals surface area contributed by atoms with Crippen LogP contribution in [0.15, 0.2) is 30.5 Å². The Labute approximate surface area is 123 Å². The van der Waals surface area contributed by atoms with E-state index in [9.17, 15) is 18.0 Å². The van der Waals surface area contributed by atoms with Gasteiger partial charge < -0.3 is 5.32 Å². The molecule has 0 saturated heterocycles. The predicted octanol–water partition coefficient (Wildman–Crippen LogP) is 3.83. The van der Waals surface area contributed by atoms with E-state index in [-0.39, 0.29) is 16.4 Å². The van der Waals surface area contributed by atoms with Gasteiger partial charge in [0.25, 0.3) is 5.91 Å². The van der Waals surface area contributed by atoms with E-state index in [4.69, 9.17) is 11.6 Å². The average molecular weight is 318 g/mol. The molecule has 0 spiro atoms. The lowest BCUT2D eigenvalue weighted by molar-refractivity contribution is -0.137. The lowest BCUT2D eigenvalue weighted by Crippen LogP contribution is -2.14. The van der Waals surface area contributed by atoms with Crippen molar-refractivity contribution < 1.29 is 18.0 Å². The lowest BCUT2D eigenvalue weighted by Gasteiger charge is -2.08. The molecule has 1 aromatic carbocycles. The largest absolute Gasteiger partial charge is 0.416 e. The Balaban J connectivity index is 2.14. The Morgan fingerprint density at radius 1 is 1.33 bits per heavy atom. The third-order valence-electron chi connectivity index (χ3n) is 2.73. The minimum Gasteiger partial charge on any atom is -0.321 e. The van der Waals surface area contributed by atoms with Crippen LogP contribution in [0.2, 0.25) is 5.02 Å². The summed E-state index contributed by atoms with van der Waals surface area (Å²) in [4.78, 5) is 12.0. The molecule has 4 nitrogen and oxygen atoms in total. The van der Waals surface area contributed by atoms with E-state index in [1.54, 1.807) is 0 Å². The van der Waals surface area contributed by atoms with Crippen LogP contribution in [-0.4, -0.2) is 15.7 Å². The molecule has 112 valence electrons. The van der Waals surface area contributed by atoms with Gasteiger partial charge in [0.05, 0.1) is 10.6 Å². The van der Waals surface area contributed by atoms with Gasteiger partial charge in [0.1, 0.15) is 0 Å². The molecule has 0 fully saturated rings. The van der Waals surface area contributed by atoms with Gasteiger partial charge >= 0.3 is 6.18 Å². The van der Waals surface area contributed by atoms with Crippen LogP contribution in [0, 0.1) is 0 Å². The molecule has 21 heavy (non-hydrogen) atoms. The smallest absolute Gasteiger partial charge is 0.321 e. The molecule has 2 aromatic rings. The summed E-state index contributed by atoms with van der Waals surface area (Å²) >= 11 is 5.88. The van der Waals surface area contributed by atoms with Crippen molar-refractivity contribution in [2.75, 3.05) is 5.32 Å². The third-order valence-corrected chi connectivity index (χ3v) is 3.00. The number of aryl methyl sites for hydroxylation is 1. The first kappa shape index (κ1) is 15.4. The van der Waals surface area contributed by atoms with Gasteiger partial charge in [0, 0.05) is 18.4 Å². The molecule has 1 heterocycles. The second kappa shape index (κ2) is 5.77. The molecule has 1 N–H and O–H groups in total. The zero-order valence-corrected chi connectivity index (χ0v) is 11.7. The summed E-state index contributed by atoms with van der Waals surface area (Å²) in [6, 6.07) is 4.13. The van der Waals surface area contributed by atoms with Crippen LogP contribution in [0.25, 0.3) is 0 Å². The van der Waals surface area contributed by atoms with Gasteiger partial charge in [-0.1, -0.05) is 11.6 Å².